The van der Waals surface area contributed by atoms with Gasteiger partial charge < -0.3 is 20.1 Å². The van der Waals surface area contributed by atoms with Gasteiger partial charge in [-0.2, -0.15) is 0 Å². The highest BCUT2D eigenvalue weighted by Crippen LogP contribution is 2.14. The van der Waals surface area contributed by atoms with Crippen LogP contribution in [-0.2, 0) is 28.7 Å². The molecule has 0 aliphatic rings. The van der Waals surface area contributed by atoms with Gasteiger partial charge in [-0.25, -0.2) is 9.59 Å². The lowest BCUT2D eigenvalue weighted by Gasteiger charge is -2.12. The number of amides is 2. The van der Waals surface area contributed by atoms with Crippen LogP contribution in [0.15, 0.2) is 60.7 Å². The number of hydrogen-bond donors (Lipinski definition) is 2. The summed E-state index contributed by atoms with van der Waals surface area (Å²) in [6, 6.07) is 12.1. The standard InChI is InChI=1S/C26H26N2O8/c1-15(25(33)19-5-9-21(10-6-19)27-17(3)29)35-23(31)13-14-24(32)36-16(2)26(34)20-7-11-22(12-8-20)28-18(4)30/h5-16H,1-4H3,(H,27,29)(H,28,30)/b14-13+. The molecule has 0 radical (unpaired) electrons. The molecule has 0 saturated heterocycles. The van der Waals surface area contributed by atoms with Crippen molar-refractivity contribution in [2.45, 2.75) is 39.9 Å². The smallest absolute Gasteiger partial charge is 0.331 e. The van der Waals surface area contributed by atoms with Crippen molar-refractivity contribution in [2.75, 3.05) is 10.6 Å². The molecular formula is C26H26N2O8. The number of carbonyl (C=O) groups excluding carboxylic acids is 6. The van der Waals surface area contributed by atoms with E-state index in [0.717, 1.165) is 12.2 Å². The van der Waals surface area contributed by atoms with Gasteiger partial charge in [-0.15, -0.1) is 0 Å². The van der Waals surface area contributed by atoms with Crippen LogP contribution in [0.1, 0.15) is 48.4 Å². The summed E-state index contributed by atoms with van der Waals surface area (Å²) in [4.78, 5) is 71.0. The van der Waals surface area contributed by atoms with Crippen molar-refractivity contribution in [1.82, 2.24) is 0 Å². The molecule has 10 heteroatoms. The van der Waals surface area contributed by atoms with E-state index in [9.17, 15) is 28.8 Å². The predicted octanol–water partition coefficient (Wildman–Crippen LogP) is 3.09. The summed E-state index contributed by atoms with van der Waals surface area (Å²) < 4.78 is 10.0. The Hall–Kier alpha value is -4.60. The van der Waals surface area contributed by atoms with E-state index in [4.69, 9.17) is 9.47 Å². The highest BCUT2D eigenvalue weighted by molar-refractivity contribution is 6.03. The number of ketones is 2. The summed E-state index contributed by atoms with van der Waals surface area (Å²) in [5.41, 5.74) is 1.56. The highest BCUT2D eigenvalue weighted by Gasteiger charge is 2.20. The number of nitrogens with one attached hydrogen (secondary N) is 2. The van der Waals surface area contributed by atoms with Crippen LogP contribution >= 0.6 is 0 Å². The van der Waals surface area contributed by atoms with Crippen LogP contribution in [0.25, 0.3) is 0 Å². The minimum atomic E-state index is -1.13. The van der Waals surface area contributed by atoms with Crippen LogP contribution in [0, 0.1) is 0 Å². The number of rotatable bonds is 10. The molecule has 2 N–H and O–H groups in total. The van der Waals surface area contributed by atoms with Gasteiger partial charge >= 0.3 is 11.9 Å². The van der Waals surface area contributed by atoms with Gasteiger partial charge in [0, 0.05) is 48.5 Å². The Labute approximate surface area is 207 Å². The molecule has 2 aromatic carbocycles. The molecule has 2 atom stereocenters. The van der Waals surface area contributed by atoms with Crippen molar-refractivity contribution < 1.29 is 38.2 Å². The normalized spacial score (nSPS) is 12.2. The number of anilines is 2. The Morgan fingerprint density at radius 2 is 0.917 bits per heavy atom. The maximum atomic E-state index is 12.4. The number of hydrogen-bond acceptors (Lipinski definition) is 8. The molecule has 188 valence electrons. The fourth-order valence-corrected chi connectivity index (χ4v) is 2.98. The first-order valence-electron chi connectivity index (χ1n) is 10.9. The first-order valence-corrected chi connectivity index (χ1v) is 10.9. The van der Waals surface area contributed by atoms with Crippen molar-refractivity contribution in [2.24, 2.45) is 0 Å². The molecule has 0 saturated carbocycles. The minimum Gasteiger partial charge on any atom is -0.451 e. The second-order valence-electron chi connectivity index (χ2n) is 7.74. The topological polar surface area (TPSA) is 145 Å². The second kappa shape index (κ2) is 12.7. The first-order chi connectivity index (χ1) is 17.0. The lowest BCUT2D eigenvalue weighted by Crippen LogP contribution is -2.24. The predicted molar refractivity (Wildman–Crippen MR) is 130 cm³/mol. The Morgan fingerprint density at radius 3 is 1.19 bits per heavy atom. The third-order valence-corrected chi connectivity index (χ3v) is 4.66. The van der Waals surface area contributed by atoms with E-state index in [1.165, 1.54) is 52.0 Å². The third-order valence-electron chi connectivity index (χ3n) is 4.66. The molecule has 0 bridgehead atoms. The molecule has 10 nitrogen and oxygen atoms in total. The quantitative estimate of drug-likeness (QED) is 0.291. The average Bonchev–Trinajstić information content (AvgIpc) is 2.82. The Balaban J connectivity index is 1.86. The van der Waals surface area contributed by atoms with Gasteiger partial charge in [-0.05, 0) is 62.4 Å². The monoisotopic (exact) mass is 494 g/mol. The van der Waals surface area contributed by atoms with Crippen molar-refractivity contribution >= 4 is 46.7 Å². The molecule has 0 heterocycles. The van der Waals surface area contributed by atoms with Gasteiger partial charge in [0.15, 0.2) is 12.2 Å². The van der Waals surface area contributed by atoms with E-state index >= 15 is 0 Å². The molecule has 0 fully saturated rings. The number of esters is 2. The van der Waals surface area contributed by atoms with Gasteiger partial charge in [0.05, 0.1) is 0 Å². The van der Waals surface area contributed by atoms with Gasteiger partial charge in [0.25, 0.3) is 0 Å². The maximum absolute atomic E-state index is 12.4. The average molecular weight is 495 g/mol. The lowest BCUT2D eigenvalue weighted by atomic mass is 10.1. The molecule has 2 amide bonds. The van der Waals surface area contributed by atoms with E-state index in [-0.39, 0.29) is 22.9 Å². The summed E-state index contributed by atoms with van der Waals surface area (Å²) in [5, 5.41) is 5.15. The molecule has 36 heavy (non-hydrogen) atoms. The van der Waals surface area contributed by atoms with E-state index in [1.807, 2.05) is 0 Å². The number of Topliss-reactive ketones (excluding diaryl/α,β-unsaturated/α-hetero) is 2. The molecule has 0 aliphatic heterocycles. The summed E-state index contributed by atoms with van der Waals surface area (Å²) in [6.07, 6.45) is -0.673. The largest absolute Gasteiger partial charge is 0.451 e. The third kappa shape index (κ3) is 8.64. The maximum Gasteiger partial charge on any atom is 0.331 e. The molecule has 2 aromatic rings. The summed E-state index contributed by atoms with van der Waals surface area (Å²) in [7, 11) is 0. The van der Waals surface area contributed by atoms with Crippen LogP contribution in [0.3, 0.4) is 0 Å². The van der Waals surface area contributed by atoms with Crippen molar-refractivity contribution in [3.63, 3.8) is 0 Å². The summed E-state index contributed by atoms with van der Waals surface area (Å²) in [6.45, 7) is 5.48. The molecule has 0 spiro atoms. The SMILES string of the molecule is CC(=O)Nc1ccc(C(=O)C(C)OC(=O)/C=C/C(=O)OC(C)C(=O)c2ccc(NC(C)=O)cc2)cc1. The lowest BCUT2D eigenvalue weighted by molar-refractivity contribution is -0.143. The molecule has 2 rings (SSSR count). The van der Waals surface area contributed by atoms with Crippen LogP contribution < -0.4 is 10.6 Å². The number of benzene rings is 2. The fourth-order valence-electron chi connectivity index (χ4n) is 2.98. The fraction of sp³-hybridized carbons (Fsp3) is 0.231. The zero-order valence-corrected chi connectivity index (χ0v) is 20.2. The minimum absolute atomic E-state index is 0.252. The highest BCUT2D eigenvalue weighted by atomic mass is 16.6. The van der Waals surface area contributed by atoms with Crippen LogP contribution in [0.5, 0.6) is 0 Å². The first kappa shape index (κ1) is 27.6. The Bertz CT molecular complexity index is 1090. The van der Waals surface area contributed by atoms with Crippen LogP contribution in [0.2, 0.25) is 0 Å². The van der Waals surface area contributed by atoms with Gasteiger partial charge in [0.1, 0.15) is 0 Å². The van der Waals surface area contributed by atoms with Crippen molar-refractivity contribution in [3.8, 4) is 0 Å². The molecular weight excluding hydrogens is 468 g/mol. The molecule has 0 aliphatic carbocycles. The van der Waals surface area contributed by atoms with E-state index in [2.05, 4.69) is 10.6 Å². The summed E-state index contributed by atoms with van der Waals surface area (Å²) in [5.74, 6) is -3.35. The van der Waals surface area contributed by atoms with Gasteiger partial charge in [-0.3, -0.25) is 19.2 Å². The molecule has 0 aromatic heterocycles. The van der Waals surface area contributed by atoms with Crippen LogP contribution in [-0.4, -0.2) is 47.5 Å². The Kier molecular flexibility index (Phi) is 9.79. The van der Waals surface area contributed by atoms with Crippen molar-refractivity contribution in [1.29, 1.82) is 0 Å². The zero-order chi connectivity index (χ0) is 26.8. The second-order valence-corrected chi connectivity index (χ2v) is 7.74. The van der Waals surface area contributed by atoms with E-state index < -0.39 is 35.7 Å². The number of ether oxygens (including phenoxy) is 2. The Morgan fingerprint density at radius 1 is 0.611 bits per heavy atom. The van der Waals surface area contributed by atoms with E-state index in [1.54, 1.807) is 24.3 Å². The van der Waals surface area contributed by atoms with E-state index in [0.29, 0.717) is 11.4 Å². The zero-order valence-electron chi connectivity index (χ0n) is 20.2. The van der Waals surface area contributed by atoms with Gasteiger partial charge in [-0.1, -0.05) is 0 Å². The van der Waals surface area contributed by atoms with Gasteiger partial charge in [0.2, 0.25) is 23.4 Å². The summed E-state index contributed by atoms with van der Waals surface area (Å²) >= 11 is 0. The molecule has 2 unspecified atom stereocenters. The van der Waals surface area contributed by atoms with Crippen molar-refractivity contribution in [3.05, 3.63) is 71.8 Å². The number of carbonyl (C=O) groups is 6. The van der Waals surface area contributed by atoms with Crippen LogP contribution in [0.4, 0.5) is 11.4 Å².